The molecule has 98 valence electrons. The van der Waals surface area contributed by atoms with E-state index in [9.17, 15) is 9.18 Å². The molecule has 0 aliphatic heterocycles. The van der Waals surface area contributed by atoms with Gasteiger partial charge in [0, 0.05) is 12.3 Å². The van der Waals surface area contributed by atoms with Crippen LogP contribution in [0.3, 0.4) is 0 Å². The topological polar surface area (TPSA) is 59.4 Å². The Morgan fingerprint density at radius 3 is 2.95 bits per heavy atom. The smallest absolute Gasteiger partial charge is 0.337 e. The van der Waals surface area contributed by atoms with Crippen molar-refractivity contribution in [2.24, 2.45) is 0 Å². The molecular weight excluding hydrogens is 249 g/mol. The van der Waals surface area contributed by atoms with Crippen molar-refractivity contribution in [1.29, 1.82) is 0 Å². The van der Waals surface area contributed by atoms with Crippen molar-refractivity contribution in [2.45, 2.75) is 13.5 Å². The second kappa shape index (κ2) is 5.48. The molecule has 1 aromatic carbocycles. The fourth-order valence-electron chi connectivity index (χ4n) is 1.62. The van der Waals surface area contributed by atoms with Crippen molar-refractivity contribution in [3.05, 3.63) is 59.2 Å². The van der Waals surface area contributed by atoms with Crippen molar-refractivity contribution in [1.82, 2.24) is 4.98 Å². The lowest BCUT2D eigenvalue weighted by Crippen LogP contribution is -2.08. The Kier molecular flexibility index (Phi) is 3.75. The average Bonchev–Trinajstić information content (AvgIpc) is 2.40. The van der Waals surface area contributed by atoms with Crippen molar-refractivity contribution in [2.75, 3.05) is 0 Å². The molecule has 0 amide bonds. The molecule has 0 aliphatic carbocycles. The van der Waals surface area contributed by atoms with Gasteiger partial charge in [-0.25, -0.2) is 9.18 Å². The monoisotopic (exact) mass is 261 g/mol. The lowest BCUT2D eigenvalue weighted by atomic mass is 10.2. The Hall–Kier alpha value is -2.43. The number of carboxylic acids is 1. The molecule has 2 aromatic rings. The van der Waals surface area contributed by atoms with E-state index in [-0.39, 0.29) is 12.2 Å². The minimum absolute atomic E-state index is 0.0211. The summed E-state index contributed by atoms with van der Waals surface area (Å²) in [6.07, 6.45) is 1.49. The van der Waals surface area contributed by atoms with Crippen LogP contribution in [-0.2, 0) is 6.61 Å². The molecule has 2 rings (SSSR count). The van der Waals surface area contributed by atoms with E-state index in [2.05, 4.69) is 4.98 Å². The van der Waals surface area contributed by atoms with Crippen LogP contribution in [-0.4, -0.2) is 16.1 Å². The van der Waals surface area contributed by atoms with Gasteiger partial charge in [-0.15, -0.1) is 0 Å². The number of benzene rings is 1. The highest BCUT2D eigenvalue weighted by Gasteiger charge is 2.11. The second-order valence-corrected chi connectivity index (χ2v) is 4.00. The molecule has 0 saturated heterocycles. The lowest BCUT2D eigenvalue weighted by molar-refractivity contribution is 0.0693. The number of hydrogen-bond donors (Lipinski definition) is 1. The number of aromatic nitrogens is 1. The van der Waals surface area contributed by atoms with Gasteiger partial charge in [0.1, 0.15) is 18.2 Å². The number of aryl methyl sites for hydroxylation is 1. The third-order valence-corrected chi connectivity index (χ3v) is 2.64. The number of hydrogen-bond acceptors (Lipinski definition) is 3. The Bertz CT molecular complexity index is 613. The zero-order chi connectivity index (χ0) is 13.8. The summed E-state index contributed by atoms with van der Waals surface area (Å²) >= 11 is 0. The third kappa shape index (κ3) is 3.07. The van der Waals surface area contributed by atoms with E-state index in [0.717, 1.165) is 5.56 Å². The van der Waals surface area contributed by atoms with E-state index < -0.39 is 11.8 Å². The van der Waals surface area contributed by atoms with Gasteiger partial charge in [0.15, 0.2) is 0 Å². The summed E-state index contributed by atoms with van der Waals surface area (Å²) in [5.74, 6) is -1.09. The summed E-state index contributed by atoms with van der Waals surface area (Å²) in [4.78, 5) is 15.0. The zero-order valence-corrected chi connectivity index (χ0v) is 10.3. The maximum absolute atomic E-state index is 13.1. The first-order chi connectivity index (χ1) is 9.08. The van der Waals surface area contributed by atoms with E-state index in [1.165, 1.54) is 24.4 Å². The number of carboxylic acid groups (broad SMARTS) is 1. The minimum Gasteiger partial charge on any atom is -0.487 e. The maximum Gasteiger partial charge on any atom is 0.337 e. The fraction of sp³-hybridized carbons (Fsp3) is 0.143. The molecule has 0 atom stereocenters. The van der Waals surface area contributed by atoms with Gasteiger partial charge in [-0.1, -0.05) is 6.07 Å². The highest BCUT2D eigenvalue weighted by atomic mass is 19.1. The molecule has 0 aliphatic rings. The maximum atomic E-state index is 13.1. The van der Waals surface area contributed by atoms with Gasteiger partial charge in [-0.3, -0.25) is 4.98 Å². The third-order valence-electron chi connectivity index (χ3n) is 2.64. The van der Waals surface area contributed by atoms with Crippen molar-refractivity contribution < 1.29 is 19.0 Å². The predicted octanol–water partition coefficient (Wildman–Crippen LogP) is 2.81. The molecule has 4 nitrogen and oxygen atoms in total. The van der Waals surface area contributed by atoms with Gasteiger partial charge in [0.25, 0.3) is 0 Å². The zero-order valence-electron chi connectivity index (χ0n) is 10.3. The number of carbonyl (C=O) groups is 1. The number of nitrogens with zero attached hydrogens (tertiary/aromatic N) is 1. The Morgan fingerprint density at radius 2 is 2.21 bits per heavy atom. The summed E-state index contributed by atoms with van der Waals surface area (Å²) in [7, 11) is 0. The molecule has 0 saturated carbocycles. The first kappa shape index (κ1) is 13.0. The fourth-order valence-corrected chi connectivity index (χ4v) is 1.62. The molecule has 0 fully saturated rings. The van der Waals surface area contributed by atoms with Crippen LogP contribution in [0.15, 0.2) is 36.5 Å². The Morgan fingerprint density at radius 1 is 1.42 bits per heavy atom. The van der Waals surface area contributed by atoms with E-state index in [0.29, 0.717) is 11.4 Å². The van der Waals surface area contributed by atoms with Gasteiger partial charge in [0.2, 0.25) is 0 Å². The van der Waals surface area contributed by atoms with Crippen molar-refractivity contribution in [3.8, 4) is 5.75 Å². The van der Waals surface area contributed by atoms with Crippen LogP contribution in [0.4, 0.5) is 4.39 Å². The van der Waals surface area contributed by atoms with Crippen LogP contribution >= 0.6 is 0 Å². The first-order valence-electron chi connectivity index (χ1n) is 5.64. The lowest BCUT2D eigenvalue weighted by Gasteiger charge is -2.10. The van der Waals surface area contributed by atoms with E-state index in [4.69, 9.17) is 9.84 Å². The standard InChI is InChI=1S/C14H12FNO3/c1-9-4-5-10(15)7-13(9)19-8-12-11(14(17)18)3-2-6-16-12/h2-7H,8H2,1H3,(H,17,18). The number of ether oxygens (including phenoxy) is 1. The van der Waals surface area contributed by atoms with Gasteiger partial charge < -0.3 is 9.84 Å². The van der Waals surface area contributed by atoms with Crippen LogP contribution in [0.2, 0.25) is 0 Å². The highest BCUT2D eigenvalue weighted by Crippen LogP contribution is 2.20. The Balaban J connectivity index is 2.19. The van der Waals surface area contributed by atoms with E-state index >= 15 is 0 Å². The minimum atomic E-state index is -1.07. The number of halogens is 1. The van der Waals surface area contributed by atoms with Gasteiger partial charge in [-0.2, -0.15) is 0 Å². The average molecular weight is 261 g/mol. The number of rotatable bonds is 4. The summed E-state index contributed by atoms with van der Waals surface area (Å²) in [6, 6.07) is 7.19. The van der Waals surface area contributed by atoms with Gasteiger partial charge in [0.05, 0.1) is 11.3 Å². The van der Waals surface area contributed by atoms with E-state index in [1.54, 1.807) is 19.1 Å². The summed E-state index contributed by atoms with van der Waals surface area (Å²) < 4.78 is 18.5. The molecular formula is C14H12FNO3. The van der Waals surface area contributed by atoms with Crippen LogP contribution in [0, 0.1) is 12.7 Å². The van der Waals surface area contributed by atoms with Crippen molar-refractivity contribution >= 4 is 5.97 Å². The molecule has 1 aromatic heterocycles. The molecule has 1 heterocycles. The SMILES string of the molecule is Cc1ccc(F)cc1OCc1ncccc1C(=O)O. The summed E-state index contributed by atoms with van der Waals surface area (Å²) in [6.45, 7) is 1.76. The second-order valence-electron chi connectivity index (χ2n) is 4.00. The predicted molar refractivity (Wildman–Crippen MR) is 66.7 cm³/mol. The first-order valence-corrected chi connectivity index (χ1v) is 5.64. The Labute approximate surface area is 109 Å². The van der Waals surface area contributed by atoms with Crippen LogP contribution in [0.1, 0.15) is 21.6 Å². The van der Waals surface area contributed by atoms with Crippen LogP contribution < -0.4 is 4.74 Å². The van der Waals surface area contributed by atoms with Gasteiger partial charge >= 0.3 is 5.97 Å². The van der Waals surface area contributed by atoms with Crippen molar-refractivity contribution in [3.63, 3.8) is 0 Å². The number of pyridine rings is 1. The molecule has 1 N–H and O–H groups in total. The summed E-state index contributed by atoms with van der Waals surface area (Å²) in [5.41, 5.74) is 1.16. The van der Waals surface area contributed by atoms with Crippen LogP contribution in [0.25, 0.3) is 0 Å². The summed E-state index contributed by atoms with van der Waals surface area (Å²) in [5, 5.41) is 9.01. The molecule has 0 unspecified atom stereocenters. The molecule has 0 spiro atoms. The number of aromatic carboxylic acids is 1. The van der Waals surface area contributed by atoms with E-state index in [1.807, 2.05) is 0 Å². The molecule has 5 heteroatoms. The highest BCUT2D eigenvalue weighted by molar-refractivity contribution is 5.88. The molecule has 0 bridgehead atoms. The van der Waals surface area contributed by atoms with Crippen LogP contribution in [0.5, 0.6) is 5.75 Å². The van der Waals surface area contributed by atoms with Gasteiger partial charge in [-0.05, 0) is 30.7 Å². The largest absolute Gasteiger partial charge is 0.487 e. The quantitative estimate of drug-likeness (QED) is 0.919. The molecule has 19 heavy (non-hydrogen) atoms. The molecule has 0 radical (unpaired) electrons. The normalized spacial score (nSPS) is 10.2.